The molecule has 2 amide bonds. The van der Waals surface area contributed by atoms with Crippen LogP contribution in [0.2, 0.25) is 0 Å². The minimum atomic E-state index is -1.16. The van der Waals surface area contributed by atoms with Crippen molar-refractivity contribution in [2.75, 3.05) is 6.54 Å². The smallest absolute Gasteiger partial charge is 0.329 e. The van der Waals surface area contributed by atoms with Crippen molar-refractivity contribution in [3.63, 3.8) is 0 Å². The largest absolute Gasteiger partial charge is 0.480 e. The highest BCUT2D eigenvalue weighted by Gasteiger charge is 2.40. The van der Waals surface area contributed by atoms with Gasteiger partial charge in [-0.1, -0.05) is 25.7 Å². The monoisotopic (exact) mass is 378 g/mol. The zero-order valence-electron chi connectivity index (χ0n) is 15.0. The molecule has 3 rings (SSSR count). The summed E-state index contributed by atoms with van der Waals surface area (Å²) in [6, 6.07) is 2.05. The Labute approximate surface area is 157 Å². The Morgan fingerprint density at radius 2 is 1.88 bits per heavy atom. The van der Waals surface area contributed by atoms with Crippen LogP contribution in [0.4, 0.5) is 0 Å². The van der Waals surface area contributed by atoms with Crippen LogP contribution in [-0.4, -0.2) is 39.9 Å². The van der Waals surface area contributed by atoms with Crippen LogP contribution in [0.3, 0.4) is 0 Å². The lowest BCUT2D eigenvalue weighted by Gasteiger charge is -2.30. The van der Waals surface area contributed by atoms with Gasteiger partial charge in [0.1, 0.15) is 5.54 Å². The van der Waals surface area contributed by atoms with Crippen LogP contribution >= 0.6 is 11.3 Å². The molecule has 0 bridgehead atoms. The van der Waals surface area contributed by atoms with Gasteiger partial charge in [0, 0.05) is 30.8 Å². The van der Waals surface area contributed by atoms with E-state index in [1.54, 1.807) is 16.2 Å². The molecule has 1 aromatic rings. The molecule has 2 N–H and O–H groups in total. The number of rotatable bonds is 5. The summed E-state index contributed by atoms with van der Waals surface area (Å²) < 4.78 is 0. The quantitative estimate of drug-likeness (QED) is 0.771. The lowest BCUT2D eigenvalue weighted by molar-refractivity contribution is -0.148. The number of nitrogens with one attached hydrogen (secondary N) is 1. The Morgan fingerprint density at radius 1 is 1.15 bits per heavy atom. The summed E-state index contributed by atoms with van der Waals surface area (Å²) in [7, 11) is 0. The highest BCUT2D eigenvalue weighted by molar-refractivity contribution is 7.10. The number of amides is 2. The SMILES string of the molecule is O=C(CCC(=O)N1CCc2sccc2C1)NC1(C(=O)O)CCCCCC1. The maximum absolute atomic E-state index is 12.4. The standard InChI is InChI=1S/C19H26N2O4S/c22-16(20-19(18(24)25)9-3-1-2-4-10-19)5-6-17(23)21-11-7-15-14(13-21)8-12-26-15/h8,12H,1-7,9-11,13H2,(H,20,22)(H,24,25). The molecule has 1 aliphatic carbocycles. The first-order valence-corrected chi connectivity index (χ1v) is 10.3. The summed E-state index contributed by atoms with van der Waals surface area (Å²) in [6.07, 6.45) is 5.59. The summed E-state index contributed by atoms with van der Waals surface area (Å²) in [6.45, 7) is 1.30. The average Bonchev–Trinajstić information content (AvgIpc) is 2.97. The van der Waals surface area contributed by atoms with Crippen molar-refractivity contribution in [1.29, 1.82) is 0 Å². The van der Waals surface area contributed by atoms with Crippen LogP contribution in [0, 0.1) is 0 Å². The molecule has 0 spiro atoms. The summed E-state index contributed by atoms with van der Waals surface area (Å²) in [4.78, 5) is 39.6. The first-order valence-electron chi connectivity index (χ1n) is 9.38. The van der Waals surface area contributed by atoms with Crippen LogP contribution in [0.25, 0.3) is 0 Å². The Morgan fingerprint density at radius 3 is 2.58 bits per heavy atom. The molecule has 2 aliphatic rings. The van der Waals surface area contributed by atoms with Gasteiger partial charge in [-0.05, 0) is 36.3 Å². The van der Waals surface area contributed by atoms with E-state index in [-0.39, 0.29) is 24.7 Å². The maximum Gasteiger partial charge on any atom is 0.329 e. The van der Waals surface area contributed by atoms with Gasteiger partial charge in [-0.2, -0.15) is 0 Å². The summed E-state index contributed by atoms with van der Waals surface area (Å²) in [5.41, 5.74) is 0.0372. The topological polar surface area (TPSA) is 86.7 Å². The molecule has 1 aliphatic heterocycles. The van der Waals surface area contributed by atoms with Gasteiger partial charge in [0.15, 0.2) is 0 Å². The number of fused-ring (bicyclic) bond motifs is 1. The Bertz CT molecular complexity index is 677. The van der Waals surface area contributed by atoms with Crippen molar-refractivity contribution in [1.82, 2.24) is 10.2 Å². The van der Waals surface area contributed by atoms with E-state index in [1.165, 1.54) is 10.4 Å². The van der Waals surface area contributed by atoms with E-state index in [2.05, 4.69) is 11.4 Å². The number of carbonyl (C=O) groups excluding carboxylic acids is 2. The van der Waals surface area contributed by atoms with Crippen LogP contribution < -0.4 is 5.32 Å². The first kappa shape index (κ1) is 18.9. The number of carboxylic acid groups (broad SMARTS) is 1. The lowest BCUT2D eigenvalue weighted by atomic mass is 9.90. The van der Waals surface area contributed by atoms with Gasteiger partial charge in [0.05, 0.1) is 0 Å². The molecule has 0 radical (unpaired) electrons. The molecular weight excluding hydrogens is 352 g/mol. The zero-order chi connectivity index (χ0) is 18.6. The molecule has 1 saturated carbocycles. The first-order chi connectivity index (χ1) is 12.5. The minimum Gasteiger partial charge on any atom is -0.480 e. The van der Waals surface area contributed by atoms with E-state index >= 15 is 0 Å². The fourth-order valence-electron chi connectivity index (χ4n) is 3.89. The second-order valence-corrected chi connectivity index (χ2v) is 8.28. The van der Waals surface area contributed by atoms with Crippen molar-refractivity contribution in [2.45, 2.75) is 69.9 Å². The number of hydrogen-bond acceptors (Lipinski definition) is 4. The van der Waals surface area contributed by atoms with Crippen molar-refractivity contribution >= 4 is 29.1 Å². The number of carboxylic acids is 1. The van der Waals surface area contributed by atoms with Gasteiger partial charge in [-0.25, -0.2) is 4.79 Å². The van der Waals surface area contributed by atoms with Crippen LogP contribution in [-0.2, 0) is 27.3 Å². The van der Waals surface area contributed by atoms with Gasteiger partial charge in [0.2, 0.25) is 11.8 Å². The molecule has 142 valence electrons. The second kappa shape index (κ2) is 8.20. The third-order valence-electron chi connectivity index (χ3n) is 5.47. The van der Waals surface area contributed by atoms with Crippen LogP contribution in [0.1, 0.15) is 61.8 Å². The number of thiophene rings is 1. The lowest BCUT2D eigenvalue weighted by Crippen LogP contribution is -2.54. The summed E-state index contributed by atoms with van der Waals surface area (Å²) >= 11 is 1.72. The third-order valence-corrected chi connectivity index (χ3v) is 6.49. The van der Waals surface area contributed by atoms with Gasteiger partial charge in [-0.15, -0.1) is 11.3 Å². The molecule has 26 heavy (non-hydrogen) atoms. The average molecular weight is 378 g/mol. The van der Waals surface area contributed by atoms with E-state index < -0.39 is 11.5 Å². The molecule has 1 aromatic heterocycles. The number of carbonyl (C=O) groups is 3. The van der Waals surface area contributed by atoms with Crippen LogP contribution in [0.5, 0.6) is 0 Å². The predicted octanol–water partition coefficient (Wildman–Crippen LogP) is 2.71. The van der Waals surface area contributed by atoms with E-state index in [1.807, 2.05) is 5.38 Å². The highest BCUT2D eigenvalue weighted by Crippen LogP contribution is 2.28. The van der Waals surface area contributed by atoms with Crippen LogP contribution in [0.15, 0.2) is 11.4 Å². The molecule has 7 heteroatoms. The van der Waals surface area contributed by atoms with Crippen molar-refractivity contribution in [3.8, 4) is 0 Å². The van der Waals surface area contributed by atoms with Crippen molar-refractivity contribution in [2.24, 2.45) is 0 Å². The normalized spacial score (nSPS) is 19.3. The number of hydrogen-bond donors (Lipinski definition) is 2. The Balaban J connectivity index is 1.51. The molecular formula is C19H26N2O4S. The molecule has 0 unspecified atom stereocenters. The van der Waals surface area contributed by atoms with E-state index in [9.17, 15) is 19.5 Å². The minimum absolute atomic E-state index is 0.0396. The molecule has 2 heterocycles. The second-order valence-electron chi connectivity index (χ2n) is 7.28. The van der Waals surface area contributed by atoms with Gasteiger partial charge in [0.25, 0.3) is 0 Å². The third kappa shape index (κ3) is 4.26. The van der Waals surface area contributed by atoms with Gasteiger partial charge in [-0.3, -0.25) is 9.59 Å². The Hall–Kier alpha value is -1.89. The highest BCUT2D eigenvalue weighted by atomic mass is 32.1. The number of aliphatic carboxylic acids is 1. The Kier molecular flexibility index (Phi) is 5.96. The van der Waals surface area contributed by atoms with E-state index in [0.717, 1.165) is 32.1 Å². The van der Waals surface area contributed by atoms with E-state index in [0.29, 0.717) is 25.9 Å². The van der Waals surface area contributed by atoms with Crippen molar-refractivity contribution < 1.29 is 19.5 Å². The van der Waals surface area contributed by atoms with Gasteiger partial charge < -0.3 is 15.3 Å². The molecule has 0 saturated heterocycles. The fourth-order valence-corrected chi connectivity index (χ4v) is 4.78. The molecule has 6 nitrogen and oxygen atoms in total. The zero-order valence-corrected chi connectivity index (χ0v) is 15.8. The summed E-state index contributed by atoms with van der Waals surface area (Å²) in [5.74, 6) is -1.33. The van der Waals surface area contributed by atoms with Crippen molar-refractivity contribution in [3.05, 3.63) is 21.9 Å². The number of nitrogens with zero attached hydrogens (tertiary/aromatic N) is 1. The fraction of sp³-hybridized carbons (Fsp3) is 0.632. The summed E-state index contributed by atoms with van der Waals surface area (Å²) in [5, 5.41) is 14.4. The molecule has 0 atom stereocenters. The molecule has 1 fully saturated rings. The van der Waals surface area contributed by atoms with Gasteiger partial charge >= 0.3 is 5.97 Å². The van der Waals surface area contributed by atoms with E-state index in [4.69, 9.17) is 0 Å². The molecule has 0 aromatic carbocycles. The maximum atomic E-state index is 12.4. The predicted molar refractivity (Wildman–Crippen MR) is 98.9 cm³/mol.